The lowest BCUT2D eigenvalue weighted by molar-refractivity contribution is -0.139. The number of hydrogen-bond acceptors (Lipinski definition) is 5. The summed E-state index contributed by atoms with van der Waals surface area (Å²) in [7, 11) is 3.08. The van der Waals surface area contributed by atoms with Crippen molar-refractivity contribution in [3.05, 3.63) is 65.2 Å². The second-order valence-corrected chi connectivity index (χ2v) is 7.53. The van der Waals surface area contributed by atoms with Crippen molar-refractivity contribution >= 4 is 17.4 Å². The van der Waals surface area contributed by atoms with Crippen molar-refractivity contribution in [3.8, 4) is 11.5 Å². The normalized spacial score (nSPS) is 17.8. The molecule has 0 spiro atoms. The summed E-state index contributed by atoms with van der Waals surface area (Å²) in [5, 5.41) is 11.0. The number of Topliss-reactive ketones (excluding diaryl/α,β-unsaturated/α-hetero) is 1. The number of aliphatic hydroxyl groups excluding tert-OH is 1. The molecule has 1 fully saturated rings. The molecule has 164 valence electrons. The van der Waals surface area contributed by atoms with Gasteiger partial charge in [0.15, 0.2) is 11.5 Å². The molecule has 1 aliphatic rings. The molecule has 1 saturated heterocycles. The molecule has 0 saturated carbocycles. The minimum Gasteiger partial charge on any atom is -0.507 e. The number of carbonyl (C=O) groups is 2. The third-order valence-corrected chi connectivity index (χ3v) is 5.56. The quantitative estimate of drug-likeness (QED) is 0.274. The Morgan fingerprint density at radius 1 is 0.968 bits per heavy atom. The molecule has 0 radical (unpaired) electrons. The smallest absolute Gasteiger partial charge is 0.295 e. The summed E-state index contributed by atoms with van der Waals surface area (Å²) in [4.78, 5) is 27.5. The van der Waals surface area contributed by atoms with Crippen molar-refractivity contribution in [1.82, 2.24) is 4.90 Å². The third-order valence-electron chi connectivity index (χ3n) is 5.56. The third kappa shape index (κ3) is 4.58. The molecule has 6 nitrogen and oxygen atoms in total. The van der Waals surface area contributed by atoms with E-state index in [2.05, 4.69) is 6.92 Å². The van der Waals surface area contributed by atoms with Gasteiger partial charge in [-0.25, -0.2) is 0 Å². The molecule has 1 heterocycles. The second-order valence-electron chi connectivity index (χ2n) is 7.53. The number of likely N-dealkylation sites (tertiary alicyclic amines) is 1. The van der Waals surface area contributed by atoms with E-state index in [-0.39, 0.29) is 11.3 Å². The first-order chi connectivity index (χ1) is 15.0. The molecular formula is C25H29NO5. The Bertz CT molecular complexity index is 967. The van der Waals surface area contributed by atoms with Crippen LogP contribution in [0.25, 0.3) is 5.76 Å². The van der Waals surface area contributed by atoms with E-state index in [1.165, 1.54) is 7.11 Å². The van der Waals surface area contributed by atoms with Gasteiger partial charge in [0.25, 0.3) is 11.7 Å². The molecule has 0 bridgehead atoms. The Kier molecular flexibility index (Phi) is 7.34. The van der Waals surface area contributed by atoms with Crippen molar-refractivity contribution < 1.29 is 24.2 Å². The zero-order valence-corrected chi connectivity index (χ0v) is 18.3. The average Bonchev–Trinajstić information content (AvgIpc) is 3.06. The SMILES string of the molecule is CCCCCCN1C(=O)C(=O)/C(=C(/O)c2ccccc2)[C@@H]1c1ccc(OC)c(OC)c1. The van der Waals surface area contributed by atoms with Gasteiger partial charge in [0, 0.05) is 12.1 Å². The molecule has 2 aromatic carbocycles. The van der Waals surface area contributed by atoms with Gasteiger partial charge in [0.2, 0.25) is 0 Å². The lowest BCUT2D eigenvalue weighted by Gasteiger charge is -2.26. The van der Waals surface area contributed by atoms with Crippen LogP contribution in [0.5, 0.6) is 11.5 Å². The minimum absolute atomic E-state index is 0.0962. The fourth-order valence-corrected chi connectivity index (χ4v) is 3.94. The van der Waals surface area contributed by atoms with Crippen LogP contribution >= 0.6 is 0 Å². The average molecular weight is 424 g/mol. The van der Waals surface area contributed by atoms with Crippen molar-refractivity contribution in [2.75, 3.05) is 20.8 Å². The zero-order chi connectivity index (χ0) is 22.4. The Balaban J connectivity index is 2.10. The van der Waals surface area contributed by atoms with Gasteiger partial charge < -0.3 is 19.5 Å². The molecule has 31 heavy (non-hydrogen) atoms. The zero-order valence-electron chi connectivity index (χ0n) is 18.3. The van der Waals surface area contributed by atoms with E-state index in [0.29, 0.717) is 29.2 Å². The first-order valence-electron chi connectivity index (χ1n) is 10.6. The highest BCUT2D eigenvalue weighted by Crippen LogP contribution is 2.42. The van der Waals surface area contributed by atoms with Crippen LogP contribution in [-0.4, -0.2) is 42.5 Å². The molecule has 2 aromatic rings. The van der Waals surface area contributed by atoms with E-state index in [4.69, 9.17) is 9.47 Å². The number of aliphatic hydroxyl groups is 1. The number of ketones is 1. The molecule has 1 atom stereocenters. The number of carbonyl (C=O) groups excluding carboxylic acids is 2. The number of nitrogens with zero attached hydrogens (tertiary/aromatic N) is 1. The summed E-state index contributed by atoms with van der Waals surface area (Å²) in [6, 6.07) is 13.4. The fraction of sp³-hybridized carbons (Fsp3) is 0.360. The molecule has 0 aromatic heterocycles. The highest BCUT2D eigenvalue weighted by molar-refractivity contribution is 6.46. The van der Waals surface area contributed by atoms with Crippen molar-refractivity contribution in [2.24, 2.45) is 0 Å². The number of benzene rings is 2. The summed E-state index contributed by atoms with van der Waals surface area (Å²) >= 11 is 0. The minimum atomic E-state index is -0.693. The maximum Gasteiger partial charge on any atom is 0.295 e. The van der Waals surface area contributed by atoms with E-state index >= 15 is 0 Å². The Morgan fingerprint density at radius 3 is 2.32 bits per heavy atom. The first kappa shape index (κ1) is 22.4. The number of amides is 1. The monoisotopic (exact) mass is 423 g/mol. The van der Waals surface area contributed by atoms with Gasteiger partial charge >= 0.3 is 0 Å². The molecule has 1 N–H and O–H groups in total. The highest BCUT2D eigenvalue weighted by atomic mass is 16.5. The molecule has 3 rings (SSSR count). The van der Waals surface area contributed by atoms with Gasteiger partial charge in [0.1, 0.15) is 5.76 Å². The molecule has 0 aliphatic carbocycles. The first-order valence-corrected chi connectivity index (χ1v) is 10.6. The number of unbranched alkanes of at least 4 members (excludes halogenated alkanes) is 3. The van der Waals surface area contributed by atoms with Crippen molar-refractivity contribution in [1.29, 1.82) is 0 Å². The Labute approximate surface area is 183 Å². The topological polar surface area (TPSA) is 76.1 Å². The van der Waals surface area contributed by atoms with Crippen LogP contribution in [0.1, 0.15) is 49.8 Å². The molecular weight excluding hydrogens is 394 g/mol. The van der Waals surface area contributed by atoms with Gasteiger partial charge in [-0.05, 0) is 24.1 Å². The van der Waals surface area contributed by atoms with Gasteiger partial charge in [-0.2, -0.15) is 0 Å². The summed E-state index contributed by atoms with van der Waals surface area (Å²) in [6.45, 7) is 2.56. The molecule has 6 heteroatoms. The van der Waals surface area contributed by atoms with E-state index in [1.54, 1.807) is 54.5 Å². The van der Waals surface area contributed by atoms with Crippen molar-refractivity contribution in [2.45, 2.75) is 38.6 Å². The number of methoxy groups -OCH3 is 2. The molecule has 0 unspecified atom stereocenters. The lowest BCUT2D eigenvalue weighted by Crippen LogP contribution is -2.30. The summed E-state index contributed by atoms with van der Waals surface area (Å²) in [5.74, 6) is -0.384. The Hall–Kier alpha value is -3.28. The van der Waals surface area contributed by atoms with E-state index in [9.17, 15) is 14.7 Å². The van der Waals surface area contributed by atoms with Crippen LogP contribution in [0.15, 0.2) is 54.1 Å². The van der Waals surface area contributed by atoms with Crippen LogP contribution in [0.3, 0.4) is 0 Å². The van der Waals surface area contributed by atoms with Gasteiger partial charge in [-0.15, -0.1) is 0 Å². The predicted molar refractivity (Wildman–Crippen MR) is 119 cm³/mol. The van der Waals surface area contributed by atoms with Crippen LogP contribution in [0.4, 0.5) is 0 Å². The fourth-order valence-electron chi connectivity index (χ4n) is 3.94. The van der Waals surface area contributed by atoms with E-state index < -0.39 is 17.7 Å². The summed E-state index contributed by atoms with van der Waals surface area (Å²) in [5.41, 5.74) is 1.28. The summed E-state index contributed by atoms with van der Waals surface area (Å²) < 4.78 is 10.8. The summed E-state index contributed by atoms with van der Waals surface area (Å²) in [6.07, 6.45) is 3.90. The number of ether oxygens (including phenoxy) is 2. The van der Waals surface area contributed by atoms with Crippen LogP contribution in [0.2, 0.25) is 0 Å². The Morgan fingerprint density at radius 2 is 1.68 bits per heavy atom. The van der Waals surface area contributed by atoms with Crippen LogP contribution in [0, 0.1) is 0 Å². The van der Waals surface area contributed by atoms with Crippen molar-refractivity contribution in [3.63, 3.8) is 0 Å². The second kappa shape index (κ2) is 10.2. The van der Waals surface area contributed by atoms with Gasteiger partial charge in [0.05, 0.1) is 25.8 Å². The largest absolute Gasteiger partial charge is 0.507 e. The molecule has 1 aliphatic heterocycles. The van der Waals surface area contributed by atoms with Crippen LogP contribution in [-0.2, 0) is 9.59 Å². The van der Waals surface area contributed by atoms with Gasteiger partial charge in [-0.3, -0.25) is 9.59 Å². The van der Waals surface area contributed by atoms with E-state index in [1.807, 2.05) is 6.07 Å². The van der Waals surface area contributed by atoms with Gasteiger partial charge in [-0.1, -0.05) is 62.6 Å². The maximum atomic E-state index is 13.0. The number of hydrogen-bond donors (Lipinski definition) is 1. The highest BCUT2D eigenvalue weighted by Gasteiger charge is 2.46. The van der Waals surface area contributed by atoms with E-state index in [0.717, 1.165) is 25.7 Å². The maximum absolute atomic E-state index is 13.0. The standard InChI is InChI=1S/C25H29NO5/c1-4-5-6-10-15-26-22(18-13-14-19(30-2)20(16-18)31-3)21(24(28)25(26)29)23(27)17-11-8-7-9-12-17/h7-9,11-14,16,22,27H,4-6,10,15H2,1-3H3/b23-21+/t22-/m0/s1. The van der Waals surface area contributed by atoms with Crippen LogP contribution < -0.4 is 9.47 Å². The predicted octanol–water partition coefficient (Wildman–Crippen LogP) is 4.71. The molecule has 1 amide bonds. The lowest BCUT2D eigenvalue weighted by atomic mass is 9.95. The number of rotatable bonds is 9.